The zero-order chi connectivity index (χ0) is 15.3. The van der Waals surface area contributed by atoms with Crippen molar-refractivity contribution in [2.45, 2.75) is 31.7 Å². The molecule has 0 radical (unpaired) electrons. The summed E-state index contributed by atoms with van der Waals surface area (Å²) in [6, 6.07) is 8.40. The molecule has 2 aromatic rings. The first kappa shape index (κ1) is 15.1. The number of aromatic nitrogens is 2. The van der Waals surface area contributed by atoms with Gasteiger partial charge in [-0.25, -0.2) is 0 Å². The van der Waals surface area contributed by atoms with Crippen LogP contribution in [0.25, 0.3) is 0 Å². The van der Waals surface area contributed by atoms with E-state index in [0.717, 1.165) is 25.8 Å². The van der Waals surface area contributed by atoms with Gasteiger partial charge in [-0.2, -0.15) is 0 Å². The van der Waals surface area contributed by atoms with Crippen molar-refractivity contribution in [3.63, 3.8) is 0 Å². The number of aliphatic hydroxyl groups excluding tert-OH is 1. The molecule has 4 heteroatoms. The lowest BCUT2D eigenvalue weighted by molar-refractivity contribution is 0.00545. The SMILES string of the molecule is OCC1(C(NCCc2ccncc2)c2ccncc2)CCC1. The van der Waals surface area contributed by atoms with Crippen LogP contribution in [-0.4, -0.2) is 28.2 Å². The normalized spacial score (nSPS) is 17.7. The maximum atomic E-state index is 9.92. The highest BCUT2D eigenvalue weighted by Crippen LogP contribution is 2.49. The lowest BCUT2D eigenvalue weighted by Gasteiger charge is -2.47. The molecule has 0 amide bonds. The van der Waals surface area contributed by atoms with Crippen LogP contribution in [0.2, 0.25) is 0 Å². The molecule has 1 fully saturated rings. The molecule has 2 aromatic heterocycles. The Kier molecular flexibility index (Phi) is 4.80. The highest BCUT2D eigenvalue weighted by atomic mass is 16.3. The van der Waals surface area contributed by atoms with Crippen molar-refractivity contribution in [3.05, 3.63) is 60.2 Å². The first-order chi connectivity index (χ1) is 10.8. The predicted molar refractivity (Wildman–Crippen MR) is 86.3 cm³/mol. The van der Waals surface area contributed by atoms with Gasteiger partial charge in [0.15, 0.2) is 0 Å². The van der Waals surface area contributed by atoms with Gasteiger partial charge >= 0.3 is 0 Å². The molecular formula is C18H23N3O. The summed E-state index contributed by atoms with van der Waals surface area (Å²) in [6.45, 7) is 1.13. The topological polar surface area (TPSA) is 58.0 Å². The van der Waals surface area contributed by atoms with Gasteiger partial charge in [0.2, 0.25) is 0 Å². The summed E-state index contributed by atoms with van der Waals surface area (Å²) in [5.74, 6) is 0. The Morgan fingerprint density at radius 1 is 1.05 bits per heavy atom. The Morgan fingerprint density at radius 3 is 2.23 bits per heavy atom. The van der Waals surface area contributed by atoms with Gasteiger partial charge in [-0.3, -0.25) is 9.97 Å². The van der Waals surface area contributed by atoms with E-state index < -0.39 is 0 Å². The minimum absolute atomic E-state index is 0.0143. The van der Waals surface area contributed by atoms with E-state index in [1.807, 2.05) is 36.9 Å². The van der Waals surface area contributed by atoms with Crippen molar-refractivity contribution in [1.82, 2.24) is 15.3 Å². The molecule has 1 atom stereocenters. The van der Waals surface area contributed by atoms with E-state index in [1.165, 1.54) is 17.5 Å². The minimum atomic E-state index is -0.0143. The second-order valence-electron chi connectivity index (χ2n) is 6.15. The third-order valence-electron chi connectivity index (χ3n) is 4.83. The predicted octanol–water partition coefficient (Wildman–Crippen LogP) is 2.51. The maximum Gasteiger partial charge on any atom is 0.0505 e. The molecule has 0 spiro atoms. The molecular weight excluding hydrogens is 274 g/mol. The van der Waals surface area contributed by atoms with Gasteiger partial charge in [-0.05, 0) is 61.2 Å². The molecule has 116 valence electrons. The van der Waals surface area contributed by atoms with Crippen LogP contribution in [0.15, 0.2) is 49.1 Å². The Bertz CT molecular complexity index is 564. The molecule has 0 aliphatic heterocycles. The van der Waals surface area contributed by atoms with Gasteiger partial charge < -0.3 is 10.4 Å². The monoisotopic (exact) mass is 297 g/mol. The van der Waals surface area contributed by atoms with Crippen molar-refractivity contribution in [3.8, 4) is 0 Å². The molecule has 0 saturated heterocycles. The van der Waals surface area contributed by atoms with E-state index in [2.05, 4.69) is 27.4 Å². The zero-order valence-electron chi connectivity index (χ0n) is 12.8. The Hall–Kier alpha value is -1.78. The molecule has 0 aromatic carbocycles. The highest BCUT2D eigenvalue weighted by Gasteiger charge is 2.44. The zero-order valence-corrected chi connectivity index (χ0v) is 12.8. The van der Waals surface area contributed by atoms with Crippen LogP contribution in [0.3, 0.4) is 0 Å². The summed E-state index contributed by atoms with van der Waals surface area (Å²) in [6.07, 6.45) is 11.7. The number of rotatable bonds is 7. The van der Waals surface area contributed by atoms with E-state index in [1.54, 1.807) is 0 Å². The number of nitrogens with zero attached hydrogens (tertiary/aromatic N) is 2. The van der Waals surface area contributed by atoms with Crippen LogP contribution in [0.4, 0.5) is 0 Å². The first-order valence-corrected chi connectivity index (χ1v) is 7.97. The molecule has 22 heavy (non-hydrogen) atoms. The van der Waals surface area contributed by atoms with Crippen molar-refractivity contribution >= 4 is 0 Å². The fourth-order valence-corrected chi connectivity index (χ4v) is 3.32. The molecule has 4 nitrogen and oxygen atoms in total. The van der Waals surface area contributed by atoms with Crippen molar-refractivity contribution in [1.29, 1.82) is 0 Å². The summed E-state index contributed by atoms with van der Waals surface area (Å²) in [5, 5.41) is 13.6. The minimum Gasteiger partial charge on any atom is -0.396 e. The van der Waals surface area contributed by atoms with E-state index >= 15 is 0 Å². The fourth-order valence-electron chi connectivity index (χ4n) is 3.32. The van der Waals surface area contributed by atoms with E-state index in [-0.39, 0.29) is 18.1 Å². The average Bonchev–Trinajstić information content (AvgIpc) is 2.55. The van der Waals surface area contributed by atoms with E-state index in [4.69, 9.17) is 0 Å². The Labute approximate surface area is 131 Å². The fraction of sp³-hybridized carbons (Fsp3) is 0.444. The summed E-state index contributed by atoms with van der Waals surface area (Å²) < 4.78 is 0. The van der Waals surface area contributed by atoms with Crippen molar-refractivity contribution < 1.29 is 5.11 Å². The average molecular weight is 297 g/mol. The third-order valence-corrected chi connectivity index (χ3v) is 4.83. The number of nitrogens with one attached hydrogen (secondary N) is 1. The molecule has 1 aliphatic rings. The van der Waals surface area contributed by atoms with Crippen LogP contribution in [0.1, 0.15) is 36.4 Å². The van der Waals surface area contributed by atoms with Crippen LogP contribution < -0.4 is 5.32 Å². The molecule has 0 bridgehead atoms. The third kappa shape index (κ3) is 3.18. The van der Waals surface area contributed by atoms with Gasteiger partial charge in [0, 0.05) is 36.2 Å². The van der Waals surface area contributed by atoms with Gasteiger partial charge in [0.25, 0.3) is 0 Å². The van der Waals surface area contributed by atoms with Crippen LogP contribution >= 0.6 is 0 Å². The lowest BCUT2D eigenvalue weighted by atomic mass is 9.63. The molecule has 2 heterocycles. The van der Waals surface area contributed by atoms with Gasteiger partial charge in [0.1, 0.15) is 0 Å². The second kappa shape index (κ2) is 6.99. The van der Waals surface area contributed by atoms with Gasteiger partial charge in [-0.1, -0.05) is 6.42 Å². The lowest BCUT2D eigenvalue weighted by Crippen LogP contribution is -2.46. The van der Waals surface area contributed by atoms with Crippen LogP contribution in [0.5, 0.6) is 0 Å². The van der Waals surface area contributed by atoms with Crippen LogP contribution in [0, 0.1) is 5.41 Å². The molecule has 1 aliphatic carbocycles. The van der Waals surface area contributed by atoms with E-state index in [0.29, 0.717) is 0 Å². The maximum absolute atomic E-state index is 9.92. The molecule has 1 saturated carbocycles. The highest BCUT2D eigenvalue weighted by molar-refractivity contribution is 5.20. The molecule has 2 N–H and O–H groups in total. The number of hydrogen-bond donors (Lipinski definition) is 2. The number of aliphatic hydroxyl groups is 1. The Balaban J connectivity index is 1.69. The van der Waals surface area contributed by atoms with Gasteiger partial charge in [0.05, 0.1) is 6.61 Å². The van der Waals surface area contributed by atoms with Crippen LogP contribution in [-0.2, 0) is 6.42 Å². The smallest absolute Gasteiger partial charge is 0.0505 e. The van der Waals surface area contributed by atoms with Crippen molar-refractivity contribution in [2.24, 2.45) is 5.41 Å². The summed E-state index contributed by atoms with van der Waals surface area (Å²) in [4.78, 5) is 8.16. The quantitative estimate of drug-likeness (QED) is 0.824. The second-order valence-corrected chi connectivity index (χ2v) is 6.15. The standard InChI is InChI=1S/C18H23N3O/c22-14-18(7-1-8-18)17(16-5-11-20-12-6-16)21-13-4-15-2-9-19-10-3-15/h2-3,5-6,9-12,17,21-22H,1,4,7-8,13-14H2. The summed E-state index contributed by atoms with van der Waals surface area (Å²) >= 11 is 0. The number of pyridine rings is 2. The number of hydrogen-bond acceptors (Lipinski definition) is 4. The first-order valence-electron chi connectivity index (χ1n) is 7.97. The molecule has 3 rings (SSSR count). The van der Waals surface area contributed by atoms with Crippen molar-refractivity contribution in [2.75, 3.05) is 13.2 Å². The summed E-state index contributed by atoms with van der Waals surface area (Å²) in [7, 11) is 0. The Morgan fingerprint density at radius 2 is 1.68 bits per heavy atom. The van der Waals surface area contributed by atoms with E-state index in [9.17, 15) is 5.11 Å². The van der Waals surface area contributed by atoms with Gasteiger partial charge in [-0.15, -0.1) is 0 Å². The molecule has 1 unspecified atom stereocenters. The largest absolute Gasteiger partial charge is 0.396 e. The summed E-state index contributed by atoms with van der Waals surface area (Å²) in [5.41, 5.74) is 2.49.